The molecule has 2 rings (SSSR count). The number of aryl methyl sites for hydroxylation is 1. The topological polar surface area (TPSA) is 12.9 Å². The highest BCUT2D eigenvalue weighted by molar-refractivity contribution is 6.39. The molecule has 0 aliphatic heterocycles. The van der Waals surface area contributed by atoms with Gasteiger partial charge in [0.1, 0.15) is 0 Å². The predicted molar refractivity (Wildman–Crippen MR) is 56.5 cm³/mol. The lowest BCUT2D eigenvalue weighted by molar-refractivity contribution is 1.37. The van der Waals surface area contributed by atoms with Crippen LogP contribution in [0.4, 0.5) is 0 Å². The summed E-state index contributed by atoms with van der Waals surface area (Å²) < 4.78 is 0. The van der Waals surface area contributed by atoms with E-state index in [9.17, 15) is 0 Å². The van der Waals surface area contributed by atoms with Crippen molar-refractivity contribution in [2.45, 2.75) is 6.92 Å². The van der Waals surface area contributed by atoms with Crippen LogP contribution < -0.4 is 0 Å². The SMILES string of the molecule is Cc1c(Cl)cc(Cl)c2cccnc12. The summed E-state index contributed by atoms with van der Waals surface area (Å²) in [6.07, 6.45) is 1.74. The van der Waals surface area contributed by atoms with E-state index >= 15 is 0 Å². The molecule has 66 valence electrons. The van der Waals surface area contributed by atoms with E-state index in [0.29, 0.717) is 10.0 Å². The number of hydrogen-bond donors (Lipinski definition) is 0. The van der Waals surface area contributed by atoms with Crippen molar-refractivity contribution < 1.29 is 0 Å². The van der Waals surface area contributed by atoms with E-state index in [1.54, 1.807) is 12.3 Å². The summed E-state index contributed by atoms with van der Waals surface area (Å²) in [5.74, 6) is 0. The highest BCUT2D eigenvalue weighted by atomic mass is 35.5. The van der Waals surface area contributed by atoms with Crippen molar-refractivity contribution in [2.24, 2.45) is 0 Å². The van der Waals surface area contributed by atoms with Gasteiger partial charge >= 0.3 is 0 Å². The Labute approximate surface area is 86.3 Å². The molecule has 0 unspecified atom stereocenters. The van der Waals surface area contributed by atoms with Crippen LogP contribution in [0.15, 0.2) is 24.4 Å². The van der Waals surface area contributed by atoms with E-state index in [0.717, 1.165) is 16.5 Å². The van der Waals surface area contributed by atoms with Gasteiger partial charge in [0.15, 0.2) is 0 Å². The molecule has 2 aromatic rings. The van der Waals surface area contributed by atoms with Crippen molar-refractivity contribution in [1.82, 2.24) is 4.98 Å². The number of pyridine rings is 1. The lowest BCUT2D eigenvalue weighted by atomic mass is 10.1. The van der Waals surface area contributed by atoms with E-state index in [1.807, 2.05) is 19.1 Å². The standard InChI is InChI=1S/C10H7Cl2N/c1-6-8(11)5-9(12)7-3-2-4-13-10(6)7/h2-5H,1H3. The second-order valence-electron chi connectivity index (χ2n) is 2.86. The van der Waals surface area contributed by atoms with Crippen LogP contribution in [0.3, 0.4) is 0 Å². The van der Waals surface area contributed by atoms with Gasteiger partial charge in [0.05, 0.1) is 10.5 Å². The van der Waals surface area contributed by atoms with Crippen LogP contribution in [0.5, 0.6) is 0 Å². The molecule has 13 heavy (non-hydrogen) atoms. The number of rotatable bonds is 0. The number of aromatic nitrogens is 1. The van der Waals surface area contributed by atoms with Crippen LogP contribution >= 0.6 is 23.2 Å². The normalized spacial score (nSPS) is 10.7. The molecule has 0 spiro atoms. The van der Waals surface area contributed by atoms with Gasteiger partial charge in [-0.05, 0) is 30.7 Å². The van der Waals surface area contributed by atoms with E-state index in [-0.39, 0.29) is 0 Å². The fourth-order valence-corrected chi connectivity index (χ4v) is 1.82. The number of fused-ring (bicyclic) bond motifs is 1. The maximum Gasteiger partial charge on any atom is 0.0760 e. The number of benzene rings is 1. The summed E-state index contributed by atoms with van der Waals surface area (Å²) in [5.41, 5.74) is 1.85. The average Bonchev–Trinajstić information content (AvgIpc) is 2.15. The number of hydrogen-bond acceptors (Lipinski definition) is 1. The Hall–Kier alpha value is -0.790. The summed E-state index contributed by atoms with van der Waals surface area (Å²) in [6, 6.07) is 5.55. The molecule has 0 aliphatic carbocycles. The molecule has 0 bridgehead atoms. The Morgan fingerprint density at radius 2 is 2.00 bits per heavy atom. The zero-order valence-corrected chi connectivity index (χ0v) is 8.52. The molecule has 1 heterocycles. The highest BCUT2D eigenvalue weighted by Crippen LogP contribution is 2.30. The molecule has 0 aliphatic rings. The van der Waals surface area contributed by atoms with Gasteiger partial charge in [-0.15, -0.1) is 0 Å². The minimum Gasteiger partial charge on any atom is -0.256 e. The molecule has 0 saturated carbocycles. The van der Waals surface area contributed by atoms with Crippen molar-refractivity contribution in [3.63, 3.8) is 0 Å². The van der Waals surface area contributed by atoms with E-state index in [2.05, 4.69) is 4.98 Å². The fourth-order valence-electron chi connectivity index (χ4n) is 1.31. The van der Waals surface area contributed by atoms with Gasteiger partial charge in [-0.3, -0.25) is 4.98 Å². The Balaban J connectivity index is 2.97. The molecule has 3 heteroatoms. The van der Waals surface area contributed by atoms with Crippen molar-refractivity contribution >= 4 is 34.1 Å². The Bertz CT molecular complexity index is 466. The van der Waals surface area contributed by atoms with Gasteiger partial charge in [0.25, 0.3) is 0 Å². The molecule has 0 saturated heterocycles. The Morgan fingerprint density at radius 1 is 1.23 bits per heavy atom. The van der Waals surface area contributed by atoms with Crippen molar-refractivity contribution in [1.29, 1.82) is 0 Å². The van der Waals surface area contributed by atoms with Crippen LogP contribution in [-0.2, 0) is 0 Å². The second-order valence-corrected chi connectivity index (χ2v) is 3.68. The van der Waals surface area contributed by atoms with Crippen LogP contribution in [0, 0.1) is 6.92 Å². The zero-order valence-electron chi connectivity index (χ0n) is 7.01. The van der Waals surface area contributed by atoms with Gasteiger partial charge in [-0.25, -0.2) is 0 Å². The molecule has 1 aromatic heterocycles. The average molecular weight is 212 g/mol. The van der Waals surface area contributed by atoms with Crippen molar-refractivity contribution in [3.05, 3.63) is 40.0 Å². The first-order chi connectivity index (χ1) is 6.20. The predicted octanol–water partition coefficient (Wildman–Crippen LogP) is 3.85. The zero-order chi connectivity index (χ0) is 9.42. The Morgan fingerprint density at radius 3 is 2.77 bits per heavy atom. The molecule has 0 atom stereocenters. The third-order valence-corrected chi connectivity index (χ3v) is 2.74. The van der Waals surface area contributed by atoms with Crippen molar-refractivity contribution in [2.75, 3.05) is 0 Å². The van der Waals surface area contributed by atoms with E-state index < -0.39 is 0 Å². The first-order valence-electron chi connectivity index (χ1n) is 3.89. The van der Waals surface area contributed by atoms with Crippen LogP contribution in [0.2, 0.25) is 10.0 Å². The molecular formula is C10H7Cl2N. The molecule has 0 N–H and O–H groups in total. The molecule has 0 amide bonds. The molecule has 1 aromatic carbocycles. The molecule has 0 radical (unpaired) electrons. The highest BCUT2D eigenvalue weighted by Gasteiger charge is 2.06. The fraction of sp³-hybridized carbons (Fsp3) is 0.100. The van der Waals surface area contributed by atoms with Gasteiger partial charge < -0.3 is 0 Å². The number of nitrogens with zero attached hydrogens (tertiary/aromatic N) is 1. The van der Waals surface area contributed by atoms with Gasteiger partial charge in [0.2, 0.25) is 0 Å². The largest absolute Gasteiger partial charge is 0.256 e. The summed E-state index contributed by atoms with van der Waals surface area (Å²) in [4.78, 5) is 4.23. The number of halogens is 2. The maximum atomic E-state index is 6.01. The third-order valence-electron chi connectivity index (χ3n) is 2.03. The maximum absolute atomic E-state index is 6.01. The summed E-state index contributed by atoms with van der Waals surface area (Å²) in [7, 11) is 0. The van der Waals surface area contributed by atoms with Gasteiger partial charge in [0, 0.05) is 16.6 Å². The summed E-state index contributed by atoms with van der Waals surface area (Å²) >= 11 is 12.0. The van der Waals surface area contributed by atoms with Crippen LogP contribution in [0.1, 0.15) is 5.56 Å². The first kappa shape index (κ1) is 8.79. The smallest absolute Gasteiger partial charge is 0.0760 e. The second kappa shape index (κ2) is 3.17. The lowest BCUT2D eigenvalue weighted by Gasteiger charge is -2.04. The molecular weight excluding hydrogens is 205 g/mol. The third kappa shape index (κ3) is 1.38. The monoisotopic (exact) mass is 211 g/mol. The van der Waals surface area contributed by atoms with E-state index in [4.69, 9.17) is 23.2 Å². The minimum absolute atomic E-state index is 0.652. The van der Waals surface area contributed by atoms with Gasteiger partial charge in [-0.2, -0.15) is 0 Å². The van der Waals surface area contributed by atoms with Crippen LogP contribution in [0.25, 0.3) is 10.9 Å². The van der Waals surface area contributed by atoms with E-state index in [1.165, 1.54) is 0 Å². The minimum atomic E-state index is 0.652. The van der Waals surface area contributed by atoms with Crippen LogP contribution in [-0.4, -0.2) is 4.98 Å². The molecule has 0 fully saturated rings. The summed E-state index contributed by atoms with van der Waals surface area (Å²) in [5, 5.41) is 2.26. The Kier molecular flexibility index (Phi) is 2.14. The van der Waals surface area contributed by atoms with Gasteiger partial charge in [-0.1, -0.05) is 23.2 Å². The van der Waals surface area contributed by atoms with Crippen molar-refractivity contribution in [3.8, 4) is 0 Å². The lowest BCUT2D eigenvalue weighted by Crippen LogP contribution is -1.84. The first-order valence-corrected chi connectivity index (χ1v) is 4.65. The summed E-state index contributed by atoms with van der Waals surface area (Å²) in [6.45, 7) is 1.94. The quantitative estimate of drug-likeness (QED) is 0.646. The molecule has 1 nitrogen and oxygen atoms in total.